The summed E-state index contributed by atoms with van der Waals surface area (Å²) in [5.41, 5.74) is 1.34. The molecule has 1 aromatic carbocycles. The molecule has 5 nitrogen and oxygen atoms in total. The molecule has 32 heavy (non-hydrogen) atoms. The lowest BCUT2D eigenvalue weighted by Crippen LogP contribution is -2.44. The van der Waals surface area contributed by atoms with E-state index in [0.29, 0.717) is 22.0 Å². The van der Waals surface area contributed by atoms with Crippen LogP contribution in [-0.2, 0) is 23.3 Å². The van der Waals surface area contributed by atoms with Gasteiger partial charge in [-0.15, -0.1) is 0 Å². The summed E-state index contributed by atoms with van der Waals surface area (Å²) in [6.45, 7) is 3.00. The fourth-order valence-corrected chi connectivity index (χ4v) is 5.13. The number of benzene rings is 1. The maximum absolute atomic E-state index is 13.2. The Morgan fingerprint density at radius 1 is 1.25 bits per heavy atom. The third kappa shape index (κ3) is 4.92. The predicted octanol–water partition coefficient (Wildman–Crippen LogP) is 5.53. The first-order valence-corrected chi connectivity index (χ1v) is 11.7. The molecule has 0 saturated carbocycles. The summed E-state index contributed by atoms with van der Waals surface area (Å²) in [4.78, 5) is 24.0. The largest absolute Gasteiger partial charge is 0.416 e. The van der Waals surface area contributed by atoms with E-state index < -0.39 is 11.7 Å². The lowest BCUT2D eigenvalue weighted by Gasteiger charge is -2.35. The van der Waals surface area contributed by atoms with Crippen LogP contribution < -0.4 is 0 Å². The van der Waals surface area contributed by atoms with Gasteiger partial charge in [0.25, 0.3) is 0 Å². The van der Waals surface area contributed by atoms with Crippen LogP contribution in [0.1, 0.15) is 43.7 Å². The highest BCUT2D eigenvalue weighted by Crippen LogP contribution is 2.32. The number of pyridine rings is 1. The van der Waals surface area contributed by atoms with Crippen molar-refractivity contribution in [2.24, 2.45) is 0 Å². The number of halogens is 3. The quantitative estimate of drug-likeness (QED) is 0.452. The summed E-state index contributed by atoms with van der Waals surface area (Å²) in [7, 11) is 0. The molecule has 2 aromatic heterocycles. The van der Waals surface area contributed by atoms with Gasteiger partial charge < -0.3 is 9.47 Å². The number of amides is 1. The number of rotatable bonds is 6. The first-order valence-electron chi connectivity index (χ1n) is 10.8. The van der Waals surface area contributed by atoms with Crippen LogP contribution in [0.2, 0.25) is 0 Å². The maximum Gasteiger partial charge on any atom is 0.416 e. The first kappa shape index (κ1) is 22.6. The Morgan fingerprint density at radius 2 is 2.09 bits per heavy atom. The standard InChI is InChI=1S/C23H25F3N4OS/c1-2-18-8-3-4-11-29(18)21(31)14-30-20-13-27-10-9-19(20)28-22(30)32-15-16-6-5-7-17(12-16)23(24,25)26/h5-7,9-10,12-13,18H,2-4,8,11,14-15H2,1H3/t18-/m1/s1. The van der Waals surface area contributed by atoms with E-state index in [9.17, 15) is 18.0 Å². The SMILES string of the molecule is CC[C@@H]1CCCCN1C(=O)Cn1c(SCc2cccc(C(F)(F)F)c2)nc2ccncc21. The van der Waals surface area contributed by atoms with Crippen molar-refractivity contribution in [3.63, 3.8) is 0 Å². The maximum atomic E-state index is 13.2. The lowest BCUT2D eigenvalue weighted by molar-refractivity contribution is -0.137. The number of aromatic nitrogens is 3. The fourth-order valence-electron chi connectivity index (χ4n) is 4.18. The van der Waals surface area contributed by atoms with Gasteiger partial charge in [-0.05, 0) is 43.4 Å². The number of fused-ring (bicyclic) bond motifs is 1. The van der Waals surface area contributed by atoms with Gasteiger partial charge >= 0.3 is 6.18 Å². The number of thioether (sulfide) groups is 1. The Morgan fingerprint density at radius 3 is 2.88 bits per heavy atom. The molecule has 9 heteroatoms. The molecule has 1 aliphatic rings. The lowest BCUT2D eigenvalue weighted by atomic mass is 10.00. The van der Waals surface area contributed by atoms with Crippen LogP contribution >= 0.6 is 11.8 Å². The van der Waals surface area contributed by atoms with Crippen molar-refractivity contribution in [3.8, 4) is 0 Å². The highest BCUT2D eigenvalue weighted by molar-refractivity contribution is 7.98. The summed E-state index contributed by atoms with van der Waals surface area (Å²) >= 11 is 1.33. The molecule has 0 radical (unpaired) electrons. The molecule has 1 atom stereocenters. The molecule has 170 valence electrons. The van der Waals surface area contributed by atoms with Crippen molar-refractivity contribution in [3.05, 3.63) is 53.9 Å². The molecule has 0 spiro atoms. The molecule has 3 aromatic rings. The van der Waals surface area contributed by atoms with Gasteiger partial charge in [0.2, 0.25) is 5.91 Å². The van der Waals surface area contributed by atoms with Gasteiger partial charge in [-0.2, -0.15) is 13.2 Å². The van der Waals surface area contributed by atoms with Crippen LogP contribution in [0.15, 0.2) is 47.9 Å². The topological polar surface area (TPSA) is 51.0 Å². The van der Waals surface area contributed by atoms with Gasteiger partial charge in [-0.25, -0.2) is 4.98 Å². The van der Waals surface area contributed by atoms with Gasteiger partial charge in [0.05, 0.1) is 22.8 Å². The second-order valence-electron chi connectivity index (χ2n) is 7.98. The Balaban J connectivity index is 1.57. The Hall–Kier alpha value is -2.55. The number of carbonyl (C=O) groups excluding carboxylic acids is 1. The normalized spacial score (nSPS) is 17.1. The molecule has 0 unspecified atom stereocenters. The third-order valence-electron chi connectivity index (χ3n) is 5.85. The molecule has 3 heterocycles. The Bertz CT molecular complexity index is 1100. The van der Waals surface area contributed by atoms with Gasteiger partial charge in [0.1, 0.15) is 6.54 Å². The molecule has 1 saturated heterocycles. The van der Waals surface area contributed by atoms with E-state index in [2.05, 4.69) is 16.9 Å². The average molecular weight is 463 g/mol. The summed E-state index contributed by atoms with van der Waals surface area (Å²) < 4.78 is 41.0. The van der Waals surface area contributed by atoms with Gasteiger partial charge in [-0.1, -0.05) is 36.9 Å². The number of hydrogen-bond acceptors (Lipinski definition) is 4. The van der Waals surface area contributed by atoms with Crippen molar-refractivity contribution >= 4 is 28.7 Å². The van der Waals surface area contributed by atoms with E-state index in [1.165, 1.54) is 17.8 Å². The van der Waals surface area contributed by atoms with Gasteiger partial charge in [-0.3, -0.25) is 9.78 Å². The van der Waals surface area contributed by atoms with E-state index in [1.807, 2.05) is 9.47 Å². The van der Waals surface area contributed by atoms with E-state index in [-0.39, 0.29) is 18.5 Å². The smallest absolute Gasteiger partial charge is 0.338 e. The molecule has 1 aliphatic heterocycles. The molecule has 1 amide bonds. The molecule has 4 rings (SSSR count). The first-order chi connectivity index (χ1) is 15.4. The summed E-state index contributed by atoms with van der Waals surface area (Å²) in [6, 6.07) is 7.34. The van der Waals surface area contributed by atoms with E-state index in [0.717, 1.165) is 49.9 Å². The molecule has 0 aliphatic carbocycles. The van der Waals surface area contributed by atoms with Crippen molar-refractivity contribution in [2.45, 2.75) is 62.3 Å². The molecule has 1 fully saturated rings. The molecule has 0 N–H and O–H groups in total. The van der Waals surface area contributed by atoms with Crippen molar-refractivity contribution in [2.75, 3.05) is 6.54 Å². The number of hydrogen-bond donors (Lipinski definition) is 0. The second-order valence-corrected chi connectivity index (χ2v) is 8.92. The highest BCUT2D eigenvalue weighted by atomic mass is 32.2. The minimum atomic E-state index is -4.38. The molecular formula is C23H25F3N4OS. The number of imidazole rings is 1. The zero-order chi connectivity index (χ0) is 22.7. The Labute approximate surface area is 189 Å². The number of alkyl halides is 3. The summed E-state index contributed by atoms with van der Waals surface area (Å²) in [6.07, 6.45) is 3.03. The van der Waals surface area contributed by atoms with Crippen LogP contribution in [-0.4, -0.2) is 37.9 Å². The second kappa shape index (κ2) is 9.52. The van der Waals surface area contributed by atoms with Crippen molar-refractivity contribution < 1.29 is 18.0 Å². The van der Waals surface area contributed by atoms with Crippen molar-refractivity contribution in [1.29, 1.82) is 0 Å². The summed E-state index contributed by atoms with van der Waals surface area (Å²) in [5.74, 6) is 0.358. The van der Waals surface area contributed by atoms with Crippen LogP contribution in [0.4, 0.5) is 13.2 Å². The average Bonchev–Trinajstić information content (AvgIpc) is 3.14. The number of carbonyl (C=O) groups is 1. The number of piperidine rings is 1. The van der Waals surface area contributed by atoms with E-state index in [1.54, 1.807) is 24.5 Å². The van der Waals surface area contributed by atoms with Crippen LogP contribution in [0.5, 0.6) is 0 Å². The fraction of sp³-hybridized carbons (Fsp3) is 0.435. The minimum Gasteiger partial charge on any atom is -0.338 e. The van der Waals surface area contributed by atoms with E-state index in [4.69, 9.17) is 0 Å². The van der Waals surface area contributed by atoms with Crippen LogP contribution in [0.3, 0.4) is 0 Å². The van der Waals surface area contributed by atoms with Gasteiger partial charge in [0.15, 0.2) is 5.16 Å². The highest BCUT2D eigenvalue weighted by Gasteiger charge is 2.30. The molecular weight excluding hydrogens is 437 g/mol. The summed E-state index contributed by atoms with van der Waals surface area (Å²) in [5, 5.41) is 0.601. The van der Waals surface area contributed by atoms with Crippen molar-refractivity contribution in [1.82, 2.24) is 19.4 Å². The zero-order valence-electron chi connectivity index (χ0n) is 17.8. The van der Waals surface area contributed by atoms with E-state index >= 15 is 0 Å². The van der Waals surface area contributed by atoms with Gasteiger partial charge in [0, 0.05) is 24.5 Å². The number of likely N-dealkylation sites (tertiary alicyclic amines) is 1. The third-order valence-corrected chi connectivity index (χ3v) is 6.90. The van der Waals surface area contributed by atoms with Crippen LogP contribution in [0.25, 0.3) is 11.0 Å². The Kier molecular flexibility index (Phi) is 6.74. The number of nitrogens with zero attached hydrogens (tertiary/aromatic N) is 4. The predicted molar refractivity (Wildman–Crippen MR) is 118 cm³/mol. The van der Waals surface area contributed by atoms with Crippen LogP contribution in [0, 0.1) is 0 Å². The molecule has 0 bridgehead atoms. The zero-order valence-corrected chi connectivity index (χ0v) is 18.6. The minimum absolute atomic E-state index is 0.0422. The monoisotopic (exact) mass is 462 g/mol.